The van der Waals surface area contributed by atoms with Crippen LogP contribution < -0.4 is 4.90 Å². The number of para-hydroxylation sites is 1. The van der Waals surface area contributed by atoms with Gasteiger partial charge in [0, 0.05) is 24.3 Å². The molecular weight excluding hydrogens is 198 g/mol. The largest absolute Gasteiger partial charge is 0.371 e. The molecule has 1 aromatic carbocycles. The van der Waals surface area contributed by atoms with Gasteiger partial charge in [0.05, 0.1) is 0 Å². The van der Waals surface area contributed by atoms with E-state index in [1.165, 1.54) is 0 Å². The summed E-state index contributed by atoms with van der Waals surface area (Å²) in [6.45, 7) is 6.00. The maximum absolute atomic E-state index is 11.5. The molecule has 0 amide bonds. The summed E-state index contributed by atoms with van der Waals surface area (Å²) in [5, 5.41) is 0. The summed E-state index contributed by atoms with van der Waals surface area (Å²) in [4.78, 5) is 13.7. The molecule has 0 aliphatic carbocycles. The van der Waals surface area contributed by atoms with Crippen LogP contribution in [0.5, 0.6) is 0 Å². The molecule has 1 rings (SSSR count). The van der Waals surface area contributed by atoms with Crippen molar-refractivity contribution < 1.29 is 4.79 Å². The van der Waals surface area contributed by atoms with Gasteiger partial charge in [-0.1, -0.05) is 25.5 Å². The fourth-order valence-corrected chi connectivity index (χ4v) is 1.93. The lowest BCUT2D eigenvalue weighted by Gasteiger charge is -2.28. The van der Waals surface area contributed by atoms with Gasteiger partial charge < -0.3 is 4.90 Å². The van der Waals surface area contributed by atoms with Crippen molar-refractivity contribution >= 4 is 11.5 Å². The van der Waals surface area contributed by atoms with Crippen molar-refractivity contribution in [1.82, 2.24) is 0 Å². The molecule has 0 N–H and O–H groups in total. The topological polar surface area (TPSA) is 20.3 Å². The molecular formula is C14H21NO. The van der Waals surface area contributed by atoms with Gasteiger partial charge in [0.15, 0.2) is 5.78 Å². The van der Waals surface area contributed by atoms with Crippen LogP contribution in [0.1, 0.15) is 44.0 Å². The minimum Gasteiger partial charge on any atom is -0.371 e. The monoisotopic (exact) mass is 219 g/mol. The summed E-state index contributed by atoms with van der Waals surface area (Å²) >= 11 is 0. The third-order valence-corrected chi connectivity index (χ3v) is 3.03. The van der Waals surface area contributed by atoms with Crippen LogP contribution >= 0.6 is 0 Å². The van der Waals surface area contributed by atoms with E-state index in [4.69, 9.17) is 0 Å². The van der Waals surface area contributed by atoms with Crippen LogP contribution in [-0.4, -0.2) is 18.9 Å². The zero-order chi connectivity index (χ0) is 12.1. The Labute approximate surface area is 98.3 Å². The molecule has 0 saturated heterocycles. The van der Waals surface area contributed by atoms with Gasteiger partial charge in [-0.3, -0.25) is 4.79 Å². The van der Waals surface area contributed by atoms with Crippen LogP contribution in [-0.2, 0) is 0 Å². The zero-order valence-corrected chi connectivity index (χ0v) is 10.7. The van der Waals surface area contributed by atoms with Gasteiger partial charge in [0.1, 0.15) is 0 Å². The quantitative estimate of drug-likeness (QED) is 0.706. The lowest BCUT2D eigenvalue weighted by molar-refractivity contribution is 0.101. The standard InChI is InChI=1S/C14H21NO/c1-5-8-11(2)15(4)14-10-7-6-9-13(14)12(3)16/h6-7,9-11H,5,8H2,1-4H3. The van der Waals surface area contributed by atoms with Gasteiger partial charge in [-0.25, -0.2) is 0 Å². The Bertz CT molecular complexity index is 360. The molecule has 0 spiro atoms. The summed E-state index contributed by atoms with van der Waals surface area (Å²) in [7, 11) is 2.06. The van der Waals surface area contributed by atoms with Crippen LogP contribution in [0.25, 0.3) is 0 Å². The molecule has 1 unspecified atom stereocenters. The summed E-state index contributed by atoms with van der Waals surface area (Å²) in [5.41, 5.74) is 1.85. The molecule has 1 atom stereocenters. The first-order chi connectivity index (χ1) is 7.57. The first kappa shape index (κ1) is 12.8. The second-order valence-corrected chi connectivity index (χ2v) is 4.32. The van der Waals surface area contributed by atoms with Crippen LogP contribution in [0.3, 0.4) is 0 Å². The lowest BCUT2D eigenvalue weighted by Crippen LogP contribution is -2.29. The van der Waals surface area contributed by atoms with Crippen molar-refractivity contribution in [2.45, 2.75) is 39.7 Å². The molecule has 88 valence electrons. The van der Waals surface area contributed by atoms with E-state index in [1.807, 2.05) is 24.3 Å². The molecule has 0 fully saturated rings. The van der Waals surface area contributed by atoms with Crippen molar-refractivity contribution in [2.24, 2.45) is 0 Å². The fourth-order valence-electron chi connectivity index (χ4n) is 1.93. The van der Waals surface area contributed by atoms with E-state index in [0.717, 1.165) is 24.1 Å². The molecule has 0 bridgehead atoms. The number of hydrogen-bond donors (Lipinski definition) is 0. The van der Waals surface area contributed by atoms with Gasteiger partial charge in [-0.2, -0.15) is 0 Å². The molecule has 0 aromatic heterocycles. The van der Waals surface area contributed by atoms with E-state index >= 15 is 0 Å². The third-order valence-electron chi connectivity index (χ3n) is 3.03. The lowest BCUT2D eigenvalue weighted by atomic mass is 10.1. The third kappa shape index (κ3) is 2.84. The van der Waals surface area contributed by atoms with Crippen LogP contribution in [0.4, 0.5) is 5.69 Å². The number of benzene rings is 1. The summed E-state index contributed by atoms with van der Waals surface area (Å²) in [5.74, 6) is 0.131. The number of Topliss-reactive ketones (excluding diaryl/α,β-unsaturated/α-hetero) is 1. The highest BCUT2D eigenvalue weighted by Crippen LogP contribution is 2.22. The number of ketones is 1. The first-order valence-electron chi connectivity index (χ1n) is 5.90. The highest BCUT2D eigenvalue weighted by Gasteiger charge is 2.14. The number of anilines is 1. The van der Waals surface area contributed by atoms with E-state index in [2.05, 4.69) is 25.8 Å². The summed E-state index contributed by atoms with van der Waals surface area (Å²) in [6, 6.07) is 8.27. The average Bonchev–Trinajstić information content (AvgIpc) is 2.28. The van der Waals surface area contributed by atoms with Gasteiger partial charge in [-0.05, 0) is 32.4 Å². The molecule has 0 radical (unpaired) electrons. The van der Waals surface area contributed by atoms with E-state index in [0.29, 0.717) is 6.04 Å². The highest BCUT2D eigenvalue weighted by atomic mass is 16.1. The Balaban J connectivity index is 2.98. The van der Waals surface area contributed by atoms with Crippen LogP contribution in [0, 0.1) is 0 Å². The van der Waals surface area contributed by atoms with Crippen molar-refractivity contribution in [2.75, 3.05) is 11.9 Å². The number of rotatable bonds is 5. The Hall–Kier alpha value is -1.31. The minimum absolute atomic E-state index is 0.131. The fraction of sp³-hybridized carbons (Fsp3) is 0.500. The van der Waals surface area contributed by atoms with Gasteiger partial charge >= 0.3 is 0 Å². The number of nitrogens with zero attached hydrogens (tertiary/aromatic N) is 1. The summed E-state index contributed by atoms with van der Waals surface area (Å²) < 4.78 is 0. The normalized spacial score (nSPS) is 12.2. The van der Waals surface area contributed by atoms with Crippen LogP contribution in [0.15, 0.2) is 24.3 Å². The van der Waals surface area contributed by atoms with E-state index < -0.39 is 0 Å². The molecule has 0 heterocycles. The minimum atomic E-state index is 0.131. The van der Waals surface area contributed by atoms with Crippen molar-refractivity contribution in [3.8, 4) is 0 Å². The average molecular weight is 219 g/mol. The van der Waals surface area contributed by atoms with E-state index in [-0.39, 0.29) is 5.78 Å². The predicted octanol–water partition coefficient (Wildman–Crippen LogP) is 3.51. The highest BCUT2D eigenvalue weighted by molar-refractivity contribution is 5.99. The number of carbonyl (C=O) groups is 1. The second kappa shape index (κ2) is 5.69. The molecule has 2 nitrogen and oxygen atoms in total. The SMILES string of the molecule is CCCC(C)N(C)c1ccccc1C(C)=O. The smallest absolute Gasteiger partial charge is 0.161 e. The Morgan fingerprint density at radius 1 is 1.38 bits per heavy atom. The Kier molecular flexibility index (Phi) is 4.53. The predicted molar refractivity (Wildman–Crippen MR) is 69.2 cm³/mol. The molecule has 1 aromatic rings. The zero-order valence-electron chi connectivity index (χ0n) is 10.7. The second-order valence-electron chi connectivity index (χ2n) is 4.32. The van der Waals surface area contributed by atoms with Gasteiger partial charge in [-0.15, -0.1) is 0 Å². The molecule has 0 saturated carbocycles. The van der Waals surface area contributed by atoms with Gasteiger partial charge in [0.25, 0.3) is 0 Å². The molecule has 2 heteroatoms. The van der Waals surface area contributed by atoms with Crippen molar-refractivity contribution in [3.63, 3.8) is 0 Å². The van der Waals surface area contributed by atoms with E-state index in [1.54, 1.807) is 6.92 Å². The molecule has 0 aliphatic heterocycles. The molecule has 16 heavy (non-hydrogen) atoms. The summed E-state index contributed by atoms with van der Waals surface area (Å²) in [6.07, 6.45) is 2.30. The maximum Gasteiger partial charge on any atom is 0.161 e. The molecule has 0 aliphatic rings. The number of hydrogen-bond acceptors (Lipinski definition) is 2. The van der Waals surface area contributed by atoms with Gasteiger partial charge in [0.2, 0.25) is 0 Å². The van der Waals surface area contributed by atoms with E-state index in [9.17, 15) is 4.79 Å². The maximum atomic E-state index is 11.5. The van der Waals surface area contributed by atoms with Crippen LogP contribution in [0.2, 0.25) is 0 Å². The number of carbonyl (C=O) groups excluding carboxylic acids is 1. The first-order valence-corrected chi connectivity index (χ1v) is 5.90. The Morgan fingerprint density at radius 3 is 2.56 bits per heavy atom. The van der Waals surface area contributed by atoms with Crippen molar-refractivity contribution in [1.29, 1.82) is 0 Å². The Morgan fingerprint density at radius 2 is 2.00 bits per heavy atom. The van der Waals surface area contributed by atoms with Crippen molar-refractivity contribution in [3.05, 3.63) is 29.8 Å².